The van der Waals surface area contributed by atoms with Crippen molar-refractivity contribution in [1.29, 1.82) is 0 Å². The van der Waals surface area contributed by atoms with Gasteiger partial charge in [0.15, 0.2) is 0 Å². The van der Waals surface area contributed by atoms with Gasteiger partial charge in [-0.25, -0.2) is 0 Å². The first kappa shape index (κ1) is 39.3. The van der Waals surface area contributed by atoms with Crippen molar-refractivity contribution in [2.75, 3.05) is 0 Å². The Kier molecular flexibility index (Phi) is 10.1. The molecule has 50 heavy (non-hydrogen) atoms. The number of allylic oxidation sites excluding steroid dienone is 10. The molecule has 3 atom stereocenters. The normalized spacial score (nSPS) is 33.1. The molecule has 0 heterocycles. The minimum absolute atomic E-state index is 0. The summed E-state index contributed by atoms with van der Waals surface area (Å²) in [6, 6.07) is 9.64. The molecule has 0 amide bonds. The minimum Gasteiger partial charge on any atom is -0.147 e. The fraction of sp³-hybridized carbons (Fsp3) is 0.652. The van der Waals surface area contributed by atoms with Crippen LogP contribution in [0.1, 0.15) is 150 Å². The van der Waals surface area contributed by atoms with Crippen molar-refractivity contribution in [2.45, 2.75) is 156 Å². The first-order chi connectivity index (χ1) is 22.7. The van der Waals surface area contributed by atoms with Crippen LogP contribution in [0.3, 0.4) is 0 Å². The number of hydrogen-bond acceptors (Lipinski definition) is 0. The summed E-state index contributed by atoms with van der Waals surface area (Å²) >= 11 is -4.23. The number of rotatable bonds is 4. The second-order valence-corrected chi connectivity index (χ2v) is 45.0. The Bertz CT molecular complexity index is 1750. The van der Waals surface area contributed by atoms with Crippen LogP contribution in [0.5, 0.6) is 0 Å². The molecular weight excluding hydrogens is 743 g/mol. The smallest absolute Gasteiger partial charge is 0.147 e. The summed E-state index contributed by atoms with van der Waals surface area (Å²) in [6.07, 6.45) is 32.7. The summed E-state index contributed by atoms with van der Waals surface area (Å²) in [5.41, 5.74) is 10.9. The molecule has 1 aromatic carbocycles. The molecule has 3 fully saturated rings. The molecule has 8 rings (SSSR count). The predicted octanol–water partition coefficient (Wildman–Crippen LogP) is 14.0. The number of hydrogen-bond donors (Lipinski definition) is 0. The molecule has 7 aliphatic rings. The summed E-state index contributed by atoms with van der Waals surface area (Å²) in [4.78, 5) is 0. The monoisotopic (exact) mass is 808 g/mol. The largest absolute Gasteiger partial charge is 0.147 e. The molecule has 274 valence electrons. The topological polar surface area (TPSA) is 0 Å². The predicted molar refractivity (Wildman–Crippen MR) is 222 cm³/mol. The zero-order valence-electron chi connectivity index (χ0n) is 32.9. The van der Waals surface area contributed by atoms with Gasteiger partial charge in [0.1, 0.15) is 0 Å². The van der Waals surface area contributed by atoms with Crippen molar-refractivity contribution in [2.24, 2.45) is 27.6 Å². The molecule has 3 unspecified atom stereocenters. The van der Waals surface area contributed by atoms with E-state index >= 15 is 0 Å². The molecule has 4 heteroatoms. The van der Waals surface area contributed by atoms with E-state index in [0.717, 1.165) is 13.7 Å². The van der Waals surface area contributed by atoms with E-state index in [2.05, 4.69) is 117 Å². The van der Waals surface area contributed by atoms with Gasteiger partial charge in [-0.15, -0.1) is 24.8 Å². The Hall–Kier alpha value is -0.400. The summed E-state index contributed by atoms with van der Waals surface area (Å²) < 4.78 is 4.06. The maximum Gasteiger partial charge on any atom is -0.147 e. The van der Waals surface area contributed by atoms with Crippen LogP contribution in [0.25, 0.3) is 5.57 Å². The van der Waals surface area contributed by atoms with Crippen LogP contribution in [-0.2, 0) is 23.8 Å². The van der Waals surface area contributed by atoms with Gasteiger partial charge in [0.05, 0.1) is 0 Å². The van der Waals surface area contributed by atoms with E-state index in [1.807, 2.05) is 8.85 Å². The minimum atomic E-state index is -4.23. The zero-order chi connectivity index (χ0) is 34.0. The van der Waals surface area contributed by atoms with Crippen molar-refractivity contribution >= 4 is 37.3 Å². The molecule has 7 aliphatic carbocycles. The van der Waals surface area contributed by atoms with E-state index in [1.165, 1.54) is 83.5 Å². The van der Waals surface area contributed by atoms with Gasteiger partial charge in [-0.2, -0.15) is 0 Å². The first-order valence-corrected chi connectivity index (χ1v) is 31.5. The fourth-order valence-corrected chi connectivity index (χ4v) is 53.2. The van der Waals surface area contributed by atoms with Crippen LogP contribution in [0.4, 0.5) is 0 Å². The van der Waals surface area contributed by atoms with Crippen molar-refractivity contribution in [1.82, 2.24) is 0 Å². The summed E-state index contributed by atoms with van der Waals surface area (Å²) in [7, 11) is 0. The van der Waals surface area contributed by atoms with Gasteiger partial charge in [-0.1, -0.05) is 0 Å². The average Bonchev–Trinajstić information content (AvgIpc) is 3.77. The van der Waals surface area contributed by atoms with Crippen LogP contribution in [-0.4, -0.2) is 6.88 Å². The van der Waals surface area contributed by atoms with E-state index in [4.69, 9.17) is 0 Å². The van der Waals surface area contributed by atoms with Gasteiger partial charge >= 0.3 is 299 Å². The number of fused-ring (bicyclic) bond motifs is 6. The maximum atomic E-state index is 3.04. The number of benzene rings is 1. The van der Waals surface area contributed by atoms with Crippen LogP contribution in [0.15, 0.2) is 74.6 Å². The Labute approximate surface area is 321 Å². The SMILES string of the molecule is CC12C(=C3Cc4ccccc4C3=C3C=CCCC31)[C](C)([Zr](=[SiH2])([C]1=CC=CC1)([CH]1CCCCC1)[CH]1CCCCC1)C(C)(C)C(C)(C)C2(C)C.Cl.Cl. The molecule has 0 nitrogen and oxygen atoms in total. The third-order valence-electron chi connectivity index (χ3n) is 19.0. The van der Waals surface area contributed by atoms with Crippen LogP contribution in [0.2, 0.25) is 10.4 Å². The van der Waals surface area contributed by atoms with Gasteiger partial charge in [0.25, 0.3) is 0 Å². The third-order valence-corrected chi connectivity index (χ3v) is 57.3. The van der Waals surface area contributed by atoms with E-state index in [9.17, 15) is 0 Å². The molecule has 0 aliphatic heterocycles. The standard InChI is InChI=1S/C29H37.2C6H11.C5H5.2ClH.H2Si.Zr/c1-18-25-22-17-19-13-9-10-14-20(19)24(22)21-15-11-12-16-23(21)29(25,8)28(6,7)27(4,5)26(18,2)3;2*1-2-4-6-5-3-1;1-2-4-5-3-1;;;;/h9-11,13-15,23H,12,16-17H2,1-8H3;2*1H,2-6H2;1-3H,4H2;2*1H;1H2;. The van der Waals surface area contributed by atoms with Gasteiger partial charge in [0, 0.05) is 0 Å². The Morgan fingerprint density at radius 3 is 1.88 bits per heavy atom. The van der Waals surface area contributed by atoms with Crippen molar-refractivity contribution in [3.05, 3.63) is 85.8 Å². The zero-order valence-corrected chi connectivity index (χ0v) is 38.4. The summed E-state index contributed by atoms with van der Waals surface area (Å²) in [5.74, 6) is 0.580. The Morgan fingerprint density at radius 2 is 1.30 bits per heavy atom. The Morgan fingerprint density at radius 1 is 0.700 bits per heavy atom. The second-order valence-electron chi connectivity index (χ2n) is 19.9. The molecule has 0 saturated heterocycles. The molecule has 0 bridgehead atoms. The van der Waals surface area contributed by atoms with Crippen LogP contribution in [0, 0.1) is 27.6 Å². The van der Waals surface area contributed by atoms with Crippen molar-refractivity contribution in [3.8, 4) is 0 Å². The van der Waals surface area contributed by atoms with E-state index in [-0.39, 0.29) is 49.6 Å². The van der Waals surface area contributed by atoms with Crippen LogP contribution < -0.4 is 0 Å². The van der Waals surface area contributed by atoms with Gasteiger partial charge in [-0.05, 0) is 0 Å². The van der Waals surface area contributed by atoms with Crippen LogP contribution >= 0.6 is 24.8 Å². The summed E-state index contributed by atoms with van der Waals surface area (Å²) in [5, 5.41) is 0. The molecule has 0 N–H and O–H groups in total. The van der Waals surface area contributed by atoms with E-state index in [1.54, 1.807) is 27.8 Å². The van der Waals surface area contributed by atoms with Crippen molar-refractivity contribution in [3.63, 3.8) is 0 Å². The van der Waals surface area contributed by atoms with Gasteiger partial charge < -0.3 is 0 Å². The fourth-order valence-electron chi connectivity index (χ4n) is 15.4. The van der Waals surface area contributed by atoms with Crippen molar-refractivity contribution < 1.29 is 17.4 Å². The maximum absolute atomic E-state index is 4.23. The quantitative estimate of drug-likeness (QED) is 0.266. The van der Waals surface area contributed by atoms with Gasteiger partial charge in [-0.3, -0.25) is 0 Å². The third kappa shape index (κ3) is 4.32. The molecule has 0 spiro atoms. The van der Waals surface area contributed by atoms with E-state index in [0.29, 0.717) is 5.92 Å². The van der Waals surface area contributed by atoms with E-state index < -0.39 is 17.4 Å². The average molecular weight is 811 g/mol. The Balaban J connectivity index is 0.00000216. The number of halogens is 2. The molecular formula is C46H68Cl2SiZr. The summed E-state index contributed by atoms with van der Waals surface area (Å²) in [6.45, 7) is 25.5. The molecule has 0 radical (unpaired) electrons. The second kappa shape index (κ2) is 12.8. The molecule has 0 aromatic heterocycles. The molecule has 3 saturated carbocycles. The molecule has 1 aromatic rings. The first-order valence-electron chi connectivity index (χ1n) is 20.3. The van der Waals surface area contributed by atoms with Gasteiger partial charge in [0.2, 0.25) is 0 Å².